The fraction of sp³-hybridized carbons (Fsp3) is 0.333. The van der Waals surface area contributed by atoms with Crippen molar-refractivity contribution in [2.24, 2.45) is 0 Å². The molecule has 4 heteroatoms. The minimum atomic E-state index is -0.371. The fourth-order valence-electron chi connectivity index (χ4n) is 1.47. The number of nitriles is 1. The number of esters is 1. The quantitative estimate of drug-likeness (QED) is 0.724. The monoisotopic (exact) mass is 219 g/mol. The van der Waals surface area contributed by atoms with Gasteiger partial charge in [0, 0.05) is 0 Å². The molecule has 0 aliphatic heterocycles. The Morgan fingerprint density at radius 3 is 2.62 bits per heavy atom. The van der Waals surface area contributed by atoms with E-state index in [0.29, 0.717) is 16.9 Å². The molecule has 0 bridgehead atoms. The average Bonchev–Trinajstić information content (AvgIpc) is 2.28. The van der Waals surface area contributed by atoms with Gasteiger partial charge in [-0.05, 0) is 30.2 Å². The first-order chi connectivity index (χ1) is 7.62. The van der Waals surface area contributed by atoms with Crippen LogP contribution in [0, 0.1) is 18.3 Å². The van der Waals surface area contributed by atoms with E-state index in [9.17, 15) is 4.79 Å². The van der Waals surface area contributed by atoms with Crippen molar-refractivity contribution in [2.45, 2.75) is 13.3 Å². The number of ether oxygens (including phenoxy) is 2. The van der Waals surface area contributed by atoms with Crippen LogP contribution in [0.1, 0.15) is 16.7 Å². The molecular formula is C12H13NO3. The van der Waals surface area contributed by atoms with E-state index < -0.39 is 0 Å². The maximum atomic E-state index is 11.2. The Kier molecular flexibility index (Phi) is 3.90. The Labute approximate surface area is 94.4 Å². The third-order valence-electron chi connectivity index (χ3n) is 2.30. The second-order valence-corrected chi connectivity index (χ2v) is 3.34. The van der Waals surface area contributed by atoms with Crippen molar-refractivity contribution in [3.63, 3.8) is 0 Å². The number of methoxy groups -OCH3 is 2. The van der Waals surface area contributed by atoms with E-state index in [4.69, 9.17) is 10.00 Å². The van der Waals surface area contributed by atoms with Crippen LogP contribution in [0.15, 0.2) is 12.1 Å². The van der Waals surface area contributed by atoms with Gasteiger partial charge in [0.05, 0.1) is 32.3 Å². The number of carbonyl (C=O) groups is 1. The number of hydrogen-bond donors (Lipinski definition) is 0. The van der Waals surface area contributed by atoms with Crippen LogP contribution in [-0.4, -0.2) is 20.2 Å². The summed E-state index contributed by atoms with van der Waals surface area (Å²) in [6.45, 7) is 1.81. The minimum absolute atomic E-state index is 0.0808. The highest BCUT2D eigenvalue weighted by Crippen LogP contribution is 2.22. The van der Waals surface area contributed by atoms with Gasteiger partial charge in [0.15, 0.2) is 0 Å². The first kappa shape index (κ1) is 12.1. The summed E-state index contributed by atoms with van der Waals surface area (Å²) in [6.07, 6.45) is 0.0808. The SMILES string of the molecule is COC(=O)Cc1cc(OC)cc(C)c1C#N. The number of benzene rings is 1. The van der Waals surface area contributed by atoms with Gasteiger partial charge >= 0.3 is 5.97 Å². The lowest BCUT2D eigenvalue weighted by molar-refractivity contribution is -0.139. The third-order valence-corrected chi connectivity index (χ3v) is 2.30. The molecule has 0 saturated carbocycles. The second kappa shape index (κ2) is 5.17. The standard InChI is InChI=1S/C12H13NO3/c1-8-4-10(15-2)5-9(11(8)7-13)6-12(14)16-3/h4-5H,6H2,1-3H3. The molecule has 0 atom stereocenters. The Bertz CT molecular complexity index is 446. The van der Waals surface area contributed by atoms with Crippen molar-refractivity contribution in [3.05, 3.63) is 28.8 Å². The van der Waals surface area contributed by atoms with E-state index in [1.165, 1.54) is 7.11 Å². The van der Waals surface area contributed by atoms with E-state index in [-0.39, 0.29) is 12.4 Å². The van der Waals surface area contributed by atoms with Crippen LogP contribution in [0.3, 0.4) is 0 Å². The van der Waals surface area contributed by atoms with Crippen LogP contribution in [-0.2, 0) is 16.0 Å². The smallest absolute Gasteiger partial charge is 0.310 e. The molecule has 0 aliphatic rings. The molecule has 0 radical (unpaired) electrons. The number of rotatable bonds is 3. The molecule has 0 saturated heterocycles. The second-order valence-electron chi connectivity index (χ2n) is 3.34. The molecule has 0 heterocycles. The van der Waals surface area contributed by atoms with E-state index in [1.54, 1.807) is 19.2 Å². The lowest BCUT2D eigenvalue weighted by Gasteiger charge is -2.08. The first-order valence-corrected chi connectivity index (χ1v) is 4.76. The zero-order valence-electron chi connectivity index (χ0n) is 9.53. The molecule has 0 fully saturated rings. The van der Waals surface area contributed by atoms with Crippen LogP contribution in [0.4, 0.5) is 0 Å². The van der Waals surface area contributed by atoms with E-state index in [0.717, 1.165) is 5.56 Å². The lowest BCUT2D eigenvalue weighted by Crippen LogP contribution is -2.07. The molecule has 0 unspecified atom stereocenters. The topological polar surface area (TPSA) is 59.3 Å². The van der Waals surface area contributed by atoms with Gasteiger partial charge in [0.1, 0.15) is 5.75 Å². The highest BCUT2D eigenvalue weighted by atomic mass is 16.5. The van der Waals surface area contributed by atoms with Crippen LogP contribution in [0.2, 0.25) is 0 Å². The largest absolute Gasteiger partial charge is 0.497 e. The van der Waals surface area contributed by atoms with E-state index >= 15 is 0 Å². The lowest BCUT2D eigenvalue weighted by atomic mass is 10.00. The zero-order chi connectivity index (χ0) is 12.1. The van der Waals surface area contributed by atoms with E-state index in [1.807, 2.05) is 6.92 Å². The van der Waals surface area contributed by atoms with Gasteiger partial charge in [-0.2, -0.15) is 5.26 Å². The summed E-state index contributed by atoms with van der Waals surface area (Å²) in [4.78, 5) is 11.2. The number of carbonyl (C=O) groups excluding carboxylic acids is 1. The molecule has 0 amide bonds. The maximum absolute atomic E-state index is 11.2. The molecule has 1 aromatic rings. The molecule has 0 spiro atoms. The third kappa shape index (κ3) is 2.51. The molecule has 1 rings (SSSR count). The van der Waals surface area contributed by atoms with Crippen molar-refractivity contribution in [1.29, 1.82) is 5.26 Å². The Morgan fingerprint density at radius 1 is 1.44 bits per heavy atom. The minimum Gasteiger partial charge on any atom is -0.497 e. The average molecular weight is 219 g/mol. The van der Waals surface area contributed by atoms with Crippen LogP contribution in [0.25, 0.3) is 0 Å². The summed E-state index contributed by atoms with van der Waals surface area (Å²) in [6, 6.07) is 5.53. The highest BCUT2D eigenvalue weighted by molar-refractivity contribution is 5.74. The molecule has 0 N–H and O–H groups in total. The van der Waals surface area contributed by atoms with Gasteiger partial charge in [-0.15, -0.1) is 0 Å². The summed E-state index contributed by atoms with van der Waals surface area (Å²) >= 11 is 0. The van der Waals surface area contributed by atoms with Crippen molar-refractivity contribution >= 4 is 5.97 Å². The Hall–Kier alpha value is -2.02. The van der Waals surface area contributed by atoms with Gasteiger partial charge in [0.25, 0.3) is 0 Å². The van der Waals surface area contributed by atoms with Crippen LogP contribution in [0.5, 0.6) is 5.75 Å². The molecule has 84 valence electrons. The zero-order valence-corrected chi connectivity index (χ0v) is 9.53. The normalized spacial score (nSPS) is 9.38. The summed E-state index contributed by atoms with van der Waals surface area (Å²) < 4.78 is 9.67. The summed E-state index contributed by atoms with van der Waals surface area (Å²) in [5, 5.41) is 9.01. The first-order valence-electron chi connectivity index (χ1n) is 4.76. The van der Waals surface area contributed by atoms with Crippen molar-refractivity contribution in [1.82, 2.24) is 0 Å². The molecule has 0 aromatic heterocycles. The fourth-order valence-corrected chi connectivity index (χ4v) is 1.47. The molecule has 1 aromatic carbocycles. The summed E-state index contributed by atoms with van der Waals surface area (Å²) in [5.41, 5.74) is 1.93. The number of hydrogen-bond acceptors (Lipinski definition) is 4. The predicted molar refractivity (Wildman–Crippen MR) is 58.2 cm³/mol. The van der Waals surface area contributed by atoms with Crippen molar-refractivity contribution < 1.29 is 14.3 Å². The van der Waals surface area contributed by atoms with Crippen LogP contribution >= 0.6 is 0 Å². The Morgan fingerprint density at radius 2 is 2.12 bits per heavy atom. The predicted octanol–water partition coefficient (Wildman–Crippen LogP) is 1.59. The van der Waals surface area contributed by atoms with Gasteiger partial charge < -0.3 is 9.47 Å². The molecule has 0 aliphatic carbocycles. The number of nitrogens with zero attached hydrogens (tertiary/aromatic N) is 1. The molecule has 4 nitrogen and oxygen atoms in total. The van der Waals surface area contributed by atoms with Gasteiger partial charge in [-0.3, -0.25) is 4.79 Å². The van der Waals surface area contributed by atoms with Gasteiger partial charge in [0.2, 0.25) is 0 Å². The molecular weight excluding hydrogens is 206 g/mol. The van der Waals surface area contributed by atoms with Crippen molar-refractivity contribution in [2.75, 3.05) is 14.2 Å². The summed E-state index contributed by atoms with van der Waals surface area (Å²) in [7, 11) is 2.87. The number of aryl methyl sites for hydroxylation is 1. The van der Waals surface area contributed by atoms with Gasteiger partial charge in [-0.1, -0.05) is 0 Å². The van der Waals surface area contributed by atoms with Gasteiger partial charge in [-0.25, -0.2) is 0 Å². The molecule has 16 heavy (non-hydrogen) atoms. The summed E-state index contributed by atoms with van der Waals surface area (Å²) in [5.74, 6) is 0.263. The van der Waals surface area contributed by atoms with E-state index in [2.05, 4.69) is 10.8 Å². The Balaban J connectivity index is 3.19. The highest BCUT2D eigenvalue weighted by Gasteiger charge is 2.12. The van der Waals surface area contributed by atoms with Crippen molar-refractivity contribution in [3.8, 4) is 11.8 Å². The van der Waals surface area contributed by atoms with Crippen LogP contribution < -0.4 is 4.74 Å². The maximum Gasteiger partial charge on any atom is 0.310 e.